The maximum atomic E-state index is 13.2. The molecule has 9 heteroatoms. The summed E-state index contributed by atoms with van der Waals surface area (Å²) >= 11 is 1.32. The average Bonchev–Trinajstić information content (AvgIpc) is 3.42. The molecule has 0 saturated heterocycles. The molecule has 2 aromatic carbocycles. The normalized spacial score (nSPS) is 11.4. The van der Waals surface area contributed by atoms with Gasteiger partial charge in [-0.1, -0.05) is 30.0 Å². The topological polar surface area (TPSA) is 67.6 Å². The van der Waals surface area contributed by atoms with Gasteiger partial charge in [-0.25, -0.2) is 0 Å². The third-order valence-corrected chi connectivity index (χ3v) is 5.26. The van der Waals surface area contributed by atoms with E-state index in [9.17, 15) is 13.2 Å². The van der Waals surface area contributed by atoms with Crippen LogP contribution in [-0.4, -0.2) is 14.8 Å². The van der Waals surface area contributed by atoms with Crippen molar-refractivity contribution in [2.45, 2.75) is 17.1 Å². The summed E-state index contributed by atoms with van der Waals surface area (Å²) in [6.45, 7) is 0. The van der Waals surface area contributed by atoms with Gasteiger partial charge in [0.2, 0.25) is 5.82 Å². The van der Waals surface area contributed by atoms with Gasteiger partial charge in [-0.05, 0) is 48.0 Å². The Kier molecular flexibility index (Phi) is 5.33. The van der Waals surface area contributed by atoms with E-state index in [1.165, 1.54) is 24.1 Å². The molecule has 150 valence electrons. The van der Waals surface area contributed by atoms with E-state index in [0.717, 1.165) is 17.7 Å². The van der Waals surface area contributed by atoms with Crippen LogP contribution in [0.5, 0.6) is 0 Å². The highest BCUT2D eigenvalue weighted by Crippen LogP contribution is 2.34. The van der Waals surface area contributed by atoms with Crippen LogP contribution in [0.4, 0.5) is 13.2 Å². The molecule has 0 aliphatic carbocycles. The molecule has 0 atom stereocenters. The molecule has 4 aromatic rings. The minimum absolute atomic E-state index is 0.281. The first-order valence-electron chi connectivity index (χ1n) is 8.74. The molecule has 30 heavy (non-hydrogen) atoms. The fraction of sp³-hybridized carbons (Fsp3) is 0.0952. The van der Waals surface area contributed by atoms with Crippen LogP contribution in [0.15, 0.2) is 76.5 Å². The number of nitrogens with zero attached hydrogens (tertiary/aromatic N) is 4. The number of hydrogen-bond acceptors (Lipinski definition) is 5. The number of alkyl halides is 3. The number of nitriles is 1. The van der Waals surface area contributed by atoms with E-state index < -0.39 is 11.7 Å². The van der Waals surface area contributed by atoms with Gasteiger partial charge in [-0.2, -0.15) is 18.4 Å². The average molecular weight is 426 g/mol. The molecule has 0 spiro atoms. The molecular weight excluding hydrogens is 413 g/mol. The van der Waals surface area contributed by atoms with E-state index in [2.05, 4.69) is 16.3 Å². The summed E-state index contributed by atoms with van der Waals surface area (Å²) in [5, 5.41) is 17.6. The van der Waals surface area contributed by atoms with Gasteiger partial charge < -0.3 is 4.42 Å². The van der Waals surface area contributed by atoms with Gasteiger partial charge in [-0.15, -0.1) is 10.2 Å². The maximum Gasteiger partial charge on any atom is 0.416 e. The minimum Gasteiger partial charge on any atom is -0.461 e. The van der Waals surface area contributed by atoms with Crippen LogP contribution in [0, 0.1) is 11.3 Å². The monoisotopic (exact) mass is 426 g/mol. The summed E-state index contributed by atoms with van der Waals surface area (Å²) in [6.07, 6.45) is -3.01. The van der Waals surface area contributed by atoms with Crippen LogP contribution in [0.2, 0.25) is 0 Å². The first-order chi connectivity index (χ1) is 14.5. The Bertz CT molecular complexity index is 1190. The number of halogens is 3. The summed E-state index contributed by atoms with van der Waals surface area (Å²) in [4.78, 5) is 0. The fourth-order valence-electron chi connectivity index (χ4n) is 2.81. The van der Waals surface area contributed by atoms with E-state index in [1.54, 1.807) is 34.9 Å². The Hall–Kier alpha value is -3.51. The molecule has 5 nitrogen and oxygen atoms in total. The lowest BCUT2D eigenvalue weighted by Crippen LogP contribution is -2.07. The van der Waals surface area contributed by atoms with Crippen molar-refractivity contribution in [3.05, 3.63) is 83.6 Å². The van der Waals surface area contributed by atoms with E-state index in [0.29, 0.717) is 28.1 Å². The Morgan fingerprint density at radius 1 is 1.03 bits per heavy atom. The zero-order chi connectivity index (χ0) is 21.1. The number of thioether (sulfide) groups is 1. The largest absolute Gasteiger partial charge is 0.461 e. The van der Waals surface area contributed by atoms with Crippen molar-refractivity contribution in [2.75, 3.05) is 0 Å². The molecular formula is C21H13F3N4OS. The lowest BCUT2D eigenvalue weighted by Gasteiger charge is -2.12. The Labute approximate surface area is 173 Å². The second-order valence-electron chi connectivity index (χ2n) is 6.26. The summed E-state index contributed by atoms with van der Waals surface area (Å²) < 4.78 is 46.6. The van der Waals surface area contributed by atoms with Gasteiger partial charge in [0.1, 0.15) is 0 Å². The van der Waals surface area contributed by atoms with Crippen LogP contribution >= 0.6 is 11.8 Å². The summed E-state index contributed by atoms with van der Waals surface area (Å²) in [5.41, 5.74) is 1.01. The molecule has 2 aromatic heterocycles. The van der Waals surface area contributed by atoms with E-state index >= 15 is 0 Å². The highest BCUT2D eigenvalue weighted by molar-refractivity contribution is 7.98. The lowest BCUT2D eigenvalue weighted by molar-refractivity contribution is -0.137. The van der Waals surface area contributed by atoms with Crippen molar-refractivity contribution in [3.63, 3.8) is 0 Å². The molecule has 0 bridgehead atoms. The number of furan rings is 1. The number of rotatable bonds is 5. The third-order valence-electron chi connectivity index (χ3n) is 4.26. The summed E-state index contributed by atoms with van der Waals surface area (Å²) in [7, 11) is 0. The zero-order valence-electron chi connectivity index (χ0n) is 15.3. The Morgan fingerprint density at radius 3 is 2.50 bits per heavy atom. The standard InChI is InChI=1S/C21H13F3N4OS/c22-21(23,24)16-3-1-4-17(11-16)28-19(18-5-2-10-29-18)26-27-20(28)30-13-15-8-6-14(12-25)7-9-15/h1-11H,13H2. The lowest BCUT2D eigenvalue weighted by atomic mass is 10.2. The highest BCUT2D eigenvalue weighted by atomic mass is 32.2. The predicted molar refractivity (Wildman–Crippen MR) is 105 cm³/mol. The van der Waals surface area contributed by atoms with Crippen LogP contribution in [0.1, 0.15) is 16.7 Å². The molecule has 0 N–H and O–H groups in total. The molecule has 0 aliphatic heterocycles. The van der Waals surface area contributed by atoms with Crippen molar-refractivity contribution >= 4 is 11.8 Å². The molecule has 0 radical (unpaired) electrons. The Balaban J connectivity index is 1.72. The predicted octanol–water partition coefficient (Wildman–Crippen LogP) is 5.71. The van der Waals surface area contributed by atoms with Crippen LogP contribution in [0.25, 0.3) is 17.3 Å². The Morgan fingerprint density at radius 2 is 1.83 bits per heavy atom. The van der Waals surface area contributed by atoms with Crippen LogP contribution in [0.3, 0.4) is 0 Å². The van der Waals surface area contributed by atoms with Gasteiger partial charge in [0, 0.05) is 5.75 Å². The van der Waals surface area contributed by atoms with Crippen LogP contribution < -0.4 is 0 Å². The third kappa shape index (κ3) is 4.09. The van der Waals surface area contributed by atoms with E-state index in [4.69, 9.17) is 9.68 Å². The quantitative estimate of drug-likeness (QED) is 0.383. The van der Waals surface area contributed by atoms with Gasteiger partial charge in [-0.3, -0.25) is 4.57 Å². The van der Waals surface area contributed by atoms with Crippen molar-refractivity contribution < 1.29 is 17.6 Å². The summed E-state index contributed by atoms with van der Waals surface area (Å²) in [6, 6.07) is 17.5. The molecule has 0 fully saturated rings. The molecule has 0 aliphatic rings. The van der Waals surface area contributed by atoms with Gasteiger partial charge in [0.05, 0.1) is 29.1 Å². The van der Waals surface area contributed by atoms with Crippen molar-refractivity contribution in [1.29, 1.82) is 5.26 Å². The van der Waals surface area contributed by atoms with E-state index in [1.807, 2.05) is 12.1 Å². The molecule has 4 rings (SSSR count). The van der Waals surface area contributed by atoms with Crippen LogP contribution in [-0.2, 0) is 11.9 Å². The second kappa shape index (κ2) is 8.08. The maximum absolute atomic E-state index is 13.2. The van der Waals surface area contributed by atoms with Gasteiger partial charge >= 0.3 is 6.18 Å². The first kappa shape index (κ1) is 19.8. The van der Waals surface area contributed by atoms with Crippen molar-refractivity contribution in [3.8, 4) is 23.3 Å². The second-order valence-corrected chi connectivity index (χ2v) is 7.21. The SMILES string of the molecule is N#Cc1ccc(CSc2nnc(-c3ccco3)n2-c2cccc(C(F)(F)F)c2)cc1. The minimum atomic E-state index is -4.47. The van der Waals surface area contributed by atoms with Gasteiger partial charge in [0.25, 0.3) is 0 Å². The molecule has 0 amide bonds. The van der Waals surface area contributed by atoms with Crippen molar-refractivity contribution in [2.24, 2.45) is 0 Å². The number of aromatic nitrogens is 3. The first-order valence-corrected chi connectivity index (χ1v) is 9.73. The number of hydrogen-bond donors (Lipinski definition) is 0. The smallest absolute Gasteiger partial charge is 0.416 e. The molecule has 2 heterocycles. The summed E-state index contributed by atoms with van der Waals surface area (Å²) in [5.74, 6) is 1.20. The van der Waals surface area contributed by atoms with Gasteiger partial charge in [0.15, 0.2) is 10.9 Å². The van der Waals surface area contributed by atoms with E-state index in [-0.39, 0.29) is 5.69 Å². The highest BCUT2D eigenvalue weighted by Gasteiger charge is 2.31. The zero-order valence-corrected chi connectivity index (χ0v) is 16.1. The fourth-order valence-corrected chi connectivity index (χ4v) is 3.71. The number of benzene rings is 2. The molecule has 0 unspecified atom stereocenters. The molecule has 0 saturated carbocycles. The van der Waals surface area contributed by atoms with Crippen molar-refractivity contribution in [1.82, 2.24) is 14.8 Å².